The van der Waals surface area contributed by atoms with E-state index in [9.17, 15) is 13.2 Å². The van der Waals surface area contributed by atoms with E-state index in [1.165, 1.54) is 0 Å². The molecule has 2 aromatic rings. The summed E-state index contributed by atoms with van der Waals surface area (Å²) >= 11 is 0. The topological polar surface area (TPSA) is 79.4 Å². The number of amides is 1. The summed E-state index contributed by atoms with van der Waals surface area (Å²) in [4.78, 5) is 16.1. The van der Waals surface area contributed by atoms with Crippen LogP contribution in [0.4, 0.5) is 5.69 Å². The Bertz CT molecular complexity index is 1080. The number of ether oxygens (including phenoxy) is 2. The molecule has 0 unspecified atom stereocenters. The number of benzene rings is 2. The molecule has 3 heterocycles. The Balaban J connectivity index is 1.21. The zero-order chi connectivity index (χ0) is 21.4. The van der Waals surface area contributed by atoms with Gasteiger partial charge < -0.3 is 14.4 Å². The van der Waals surface area contributed by atoms with Gasteiger partial charge in [-0.1, -0.05) is 6.07 Å². The first-order valence-corrected chi connectivity index (χ1v) is 12.0. The summed E-state index contributed by atoms with van der Waals surface area (Å²) in [5.41, 5.74) is 1.88. The summed E-state index contributed by atoms with van der Waals surface area (Å²) in [6.45, 7) is 3.89. The molecule has 2 fully saturated rings. The van der Waals surface area contributed by atoms with Crippen molar-refractivity contribution in [3.63, 3.8) is 0 Å². The van der Waals surface area contributed by atoms with Crippen LogP contribution in [0.3, 0.4) is 0 Å². The monoisotopic (exact) mass is 443 g/mol. The van der Waals surface area contributed by atoms with E-state index < -0.39 is 10.0 Å². The van der Waals surface area contributed by atoms with E-state index in [1.54, 1.807) is 33.5 Å². The molecule has 0 aromatic heterocycles. The van der Waals surface area contributed by atoms with Gasteiger partial charge in [0.15, 0.2) is 11.5 Å². The molecule has 9 heteroatoms. The second-order valence-corrected chi connectivity index (χ2v) is 9.95. The summed E-state index contributed by atoms with van der Waals surface area (Å²) < 4.78 is 38.5. The molecule has 164 valence electrons. The fourth-order valence-corrected chi connectivity index (χ4v) is 5.72. The van der Waals surface area contributed by atoms with E-state index in [0.717, 1.165) is 35.7 Å². The van der Waals surface area contributed by atoms with Gasteiger partial charge in [-0.3, -0.25) is 9.69 Å². The predicted octanol–water partition coefficient (Wildman–Crippen LogP) is 2.05. The van der Waals surface area contributed by atoms with E-state index in [2.05, 4.69) is 4.90 Å². The minimum Gasteiger partial charge on any atom is -0.454 e. The van der Waals surface area contributed by atoms with Crippen LogP contribution in [0.5, 0.6) is 11.5 Å². The third kappa shape index (κ3) is 4.00. The van der Waals surface area contributed by atoms with Crippen molar-refractivity contribution in [2.45, 2.75) is 24.3 Å². The highest BCUT2D eigenvalue weighted by Gasteiger charge is 2.29. The van der Waals surface area contributed by atoms with Crippen LogP contribution in [0.15, 0.2) is 47.4 Å². The molecule has 8 nitrogen and oxygen atoms in total. The van der Waals surface area contributed by atoms with Gasteiger partial charge in [0, 0.05) is 51.4 Å². The molecule has 0 aliphatic carbocycles. The molecular formula is C22H25N3O5S. The number of piperazine rings is 1. The Hall–Kier alpha value is -2.62. The van der Waals surface area contributed by atoms with Crippen LogP contribution in [-0.4, -0.2) is 63.0 Å². The maximum absolute atomic E-state index is 13.1. The molecular weight excluding hydrogens is 418 g/mol. The van der Waals surface area contributed by atoms with Gasteiger partial charge in [-0.15, -0.1) is 0 Å². The van der Waals surface area contributed by atoms with E-state index in [1.807, 2.05) is 18.2 Å². The van der Waals surface area contributed by atoms with Crippen molar-refractivity contribution in [3.05, 3.63) is 48.0 Å². The van der Waals surface area contributed by atoms with Crippen LogP contribution >= 0.6 is 0 Å². The Labute approximate surface area is 182 Å². The molecule has 0 radical (unpaired) electrons. The second kappa shape index (κ2) is 8.14. The van der Waals surface area contributed by atoms with Crippen LogP contribution in [-0.2, 0) is 21.4 Å². The molecule has 3 aliphatic heterocycles. The summed E-state index contributed by atoms with van der Waals surface area (Å²) in [6, 6.07) is 12.6. The van der Waals surface area contributed by atoms with Crippen molar-refractivity contribution in [1.29, 1.82) is 0 Å². The molecule has 0 saturated carbocycles. The van der Waals surface area contributed by atoms with Gasteiger partial charge in [0.05, 0.1) is 4.90 Å². The molecule has 31 heavy (non-hydrogen) atoms. The first-order chi connectivity index (χ1) is 15.0. The highest BCUT2D eigenvalue weighted by molar-refractivity contribution is 7.89. The van der Waals surface area contributed by atoms with Gasteiger partial charge in [0.25, 0.3) is 0 Å². The molecule has 5 rings (SSSR count). The smallest absolute Gasteiger partial charge is 0.243 e. The minimum absolute atomic E-state index is 0.0918. The number of carbonyl (C=O) groups excluding carboxylic acids is 1. The summed E-state index contributed by atoms with van der Waals surface area (Å²) in [7, 11) is -3.55. The Kier molecular flexibility index (Phi) is 5.33. The summed E-state index contributed by atoms with van der Waals surface area (Å²) in [5.74, 6) is 1.62. The third-order valence-electron chi connectivity index (χ3n) is 6.03. The van der Waals surface area contributed by atoms with Crippen molar-refractivity contribution >= 4 is 21.6 Å². The number of carbonyl (C=O) groups is 1. The van der Waals surface area contributed by atoms with Crippen LogP contribution in [0.2, 0.25) is 0 Å². The van der Waals surface area contributed by atoms with E-state index >= 15 is 0 Å². The predicted molar refractivity (Wildman–Crippen MR) is 115 cm³/mol. The van der Waals surface area contributed by atoms with Gasteiger partial charge in [0.2, 0.25) is 22.7 Å². The molecule has 0 spiro atoms. The zero-order valence-corrected chi connectivity index (χ0v) is 18.0. The largest absolute Gasteiger partial charge is 0.454 e. The molecule has 2 saturated heterocycles. The first kappa shape index (κ1) is 20.3. The molecule has 0 N–H and O–H groups in total. The standard InChI is InChI=1S/C22H25N3O5S/c26-22-2-1-9-25(22)18-4-6-19(7-5-18)31(27,28)24-12-10-23(11-13-24)15-17-3-8-20-21(14-17)30-16-29-20/h3-8,14H,1-2,9-13,15-16H2. The highest BCUT2D eigenvalue weighted by Crippen LogP contribution is 2.33. The lowest BCUT2D eigenvalue weighted by Gasteiger charge is -2.34. The van der Waals surface area contributed by atoms with E-state index in [0.29, 0.717) is 39.1 Å². The average Bonchev–Trinajstić information content (AvgIpc) is 3.42. The lowest BCUT2D eigenvalue weighted by atomic mass is 10.2. The number of nitrogens with zero attached hydrogens (tertiary/aromatic N) is 3. The minimum atomic E-state index is -3.55. The van der Waals surface area contributed by atoms with Gasteiger partial charge >= 0.3 is 0 Å². The molecule has 1 amide bonds. The van der Waals surface area contributed by atoms with Crippen LogP contribution in [0, 0.1) is 0 Å². The number of hydrogen-bond donors (Lipinski definition) is 0. The normalized spacial score (nSPS) is 19.9. The van der Waals surface area contributed by atoms with Gasteiger partial charge in [-0.25, -0.2) is 8.42 Å². The Morgan fingerprint density at radius 3 is 2.32 bits per heavy atom. The fraction of sp³-hybridized carbons (Fsp3) is 0.409. The van der Waals surface area contributed by atoms with E-state index in [4.69, 9.17) is 9.47 Å². The van der Waals surface area contributed by atoms with Crippen LogP contribution < -0.4 is 14.4 Å². The number of rotatable bonds is 5. The molecule has 2 aromatic carbocycles. The lowest BCUT2D eigenvalue weighted by Crippen LogP contribution is -2.48. The maximum Gasteiger partial charge on any atom is 0.243 e. The summed E-state index contributed by atoms with van der Waals surface area (Å²) in [5, 5.41) is 0. The highest BCUT2D eigenvalue weighted by atomic mass is 32.2. The number of sulfonamides is 1. The van der Waals surface area contributed by atoms with Crippen molar-refractivity contribution in [3.8, 4) is 11.5 Å². The number of hydrogen-bond acceptors (Lipinski definition) is 6. The SMILES string of the molecule is O=C1CCCN1c1ccc(S(=O)(=O)N2CCN(Cc3ccc4c(c3)OCO4)CC2)cc1. The van der Waals surface area contributed by atoms with Gasteiger partial charge in [-0.2, -0.15) is 4.31 Å². The average molecular weight is 444 g/mol. The fourth-order valence-electron chi connectivity index (χ4n) is 4.29. The third-order valence-corrected chi connectivity index (χ3v) is 7.95. The second-order valence-electron chi connectivity index (χ2n) is 8.01. The van der Waals surface area contributed by atoms with Crippen molar-refractivity contribution < 1.29 is 22.7 Å². The lowest BCUT2D eigenvalue weighted by molar-refractivity contribution is -0.117. The van der Waals surface area contributed by atoms with Crippen molar-refractivity contribution in [2.75, 3.05) is 44.4 Å². The maximum atomic E-state index is 13.1. The van der Waals surface area contributed by atoms with Gasteiger partial charge in [0.1, 0.15) is 0 Å². The molecule has 0 atom stereocenters. The molecule has 3 aliphatic rings. The Morgan fingerprint density at radius 2 is 1.61 bits per heavy atom. The molecule has 0 bridgehead atoms. The number of anilines is 1. The van der Waals surface area contributed by atoms with Gasteiger partial charge in [-0.05, 0) is 48.4 Å². The quantitative estimate of drug-likeness (QED) is 0.704. The zero-order valence-electron chi connectivity index (χ0n) is 17.2. The summed E-state index contributed by atoms with van der Waals surface area (Å²) in [6.07, 6.45) is 1.39. The van der Waals surface area contributed by atoms with E-state index in [-0.39, 0.29) is 17.6 Å². The van der Waals surface area contributed by atoms with Crippen LogP contribution in [0.1, 0.15) is 18.4 Å². The van der Waals surface area contributed by atoms with Crippen molar-refractivity contribution in [2.24, 2.45) is 0 Å². The van der Waals surface area contributed by atoms with Crippen molar-refractivity contribution in [1.82, 2.24) is 9.21 Å². The first-order valence-electron chi connectivity index (χ1n) is 10.5. The number of fused-ring (bicyclic) bond motifs is 1. The van der Waals surface area contributed by atoms with Crippen LogP contribution in [0.25, 0.3) is 0 Å². The Morgan fingerprint density at radius 1 is 0.871 bits per heavy atom.